The van der Waals surface area contributed by atoms with Gasteiger partial charge in [-0.15, -0.1) is 0 Å². The third-order valence-electron chi connectivity index (χ3n) is 3.89. The summed E-state index contributed by atoms with van der Waals surface area (Å²) in [5.74, 6) is -0.337. The van der Waals surface area contributed by atoms with Crippen LogP contribution in [0.3, 0.4) is 0 Å². The number of rotatable bonds is 9. The van der Waals surface area contributed by atoms with Gasteiger partial charge in [-0.25, -0.2) is 0 Å². The van der Waals surface area contributed by atoms with Gasteiger partial charge in [-0.3, -0.25) is 4.79 Å². The van der Waals surface area contributed by atoms with Gasteiger partial charge in [0.15, 0.2) is 0 Å². The molecule has 130 valence electrons. The lowest BCUT2D eigenvalue weighted by atomic mass is 10.1. The van der Waals surface area contributed by atoms with Gasteiger partial charge in [-0.05, 0) is 51.0 Å². The van der Waals surface area contributed by atoms with E-state index >= 15 is 0 Å². The monoisotopic (exact) mass is 328 g/mol. The molecule has 0 saturated carbocycles. The van der Waals surface area contributed by atoms with E-state index in [1.54, 1.807) is 0 Å². The Morgan fingerprint density at radius 1 is 1.29 bits per heavy atom. The Morgan fingerprint density at radius 2 is 2.00 bits per heavy atom. The fourth-order valence-corrected chi connectivity index (χ4v) is 2.37. The minimum Gasteiger partial charge on any atom is -0.372 e. The van der Waals surface area contributed by atoms with Gasteiger partial charge in [0.2, 0.25) is 0 Å². The molecule has 0 aromatic heterocycles. The Balaban J connectivity index is 2.80. The minimum atomic E-state index is -0.337. The van der Waals surface area contributed by atoms with Gasteiger partial charge in [0.05, 0.1) is 0 Å². The summed E-state index contributed by atoms with van der Waals surface area (Å²) >= 11 is 0. The summed E-state index contributed by atoms with van der Waals surface area (Å²) in [5, 5.41) is 15.0. The lowest BCUT2D eigenvalue weighted by molar-refractivity contribution is -0.117. The van der Waals surface area contributed by atoms with Crippen LogP contribution in [0.15, 0.2) is 30.0 Å². The van der Waals surface area contributed by atoms with E-state index in [2.05, 4.69) is 42.4 Å². The standard InChI is InChI=1S/C19H28N4O/c1-5-8-11-21-19(24)16(13-20)14-22-18-10-9-17(12-15(18)4)23(6-2)7-3/h9-10,12,14,22H,5-8,11H2,1-4H3,(H,21,24)/b16-14-. The molecule has 1 amide bonds. The van der Waals surface area contributed by atoms with Gasteiger partial charge in [0.1, 0.15) is 11.6 Å². The maximum atomic E-state index is 11.9. The molecule has 0 unspecified atom stereocenters. The predicted molar refractivity (Wildman–Crippen MR) is 100.0 cm³/mol. The van der Waals surface area contributed by atoms with Crippen molar-refractivity contribution in [2.45, 2.75) is 40.5 Å². The van der Waals surface area contributed by atoms with Crippen molar-refractivity contribution >= 4 is 17.3 Å². The Kier molecular flexibility index (Phi) is 8.42. The van der Waals surface area contributed by atoms with E-state index in [4.69, 9.17) is 5.26 Å². The second-order valence-corrected chi connectivity index (χ2v) is 5.60. The van der Waals surface area contributed by atoms with Gasteiger partial charge >= 0.3 is 0 Å². The summed E-state index contributed by atoms with van der Waals surface area (Å²) in [6.07, 6.45) is 3.38. The molecule has 24 heavy (non-hydrogen) atoms. The van der Waals surface area contributed by atoms with Crippen LogP contribution >= 0.6 is 0 Å². The average molecular weight is 328 g/mol. The van der Waals surface area contributed by atoms with Crippen molar-refractivity contribution in [3.8, 4) is 6.07 Å². The van der Waals surface area contributed by atoms with Crippen LogP contribution in [-0.2, 0) is 4.79 Å². The van der Waals surface area contributed by atoms with E-state index < -0.39 is 0 Å². The number of benzene rings is 1. The summed E-state index contributed by atoms with van der Waals surface area (Å²) in [6, 6.07) is 8.07. The van der Waals surface area contributed by atoms with Crippen molar-refractivity contribution in [1.29, 1.82) is 5.26 Å². The molecule has 1 aromatic rings. The van der Waals surface area contributed by atoms with Gasteiger partial charge < -0.3 is 15.5 Å². The fourth-order valence-electron chi connectivity index (χ4n) is 2.37. The van der Waals surface area contributed by atoms with Gasteiger partial charge in [0, 0.05) is 37.2 Å². The smallest absolute Gasteiger partial charge is 0.263 e. The van der Waals surface area contributed by atoms with E-state index in [-0.39, 0.29) is 11.5 Å². The molecular weight excluding hydrogens is 300 g/mol. The van der Waals surface area contributed by atoms with Crippen LogP contribution in [0.25, 0.3) is 0 Å². The molecular formula is C19H28N4O. The van der Waals surface area contributed by atoms with Crippen molar-refractivity contribution in [2.75, 3.05) is 29.9 Å². The van der Waals surface area contributed by atoms with Crippen molar-refractivity contribution < 1.29 is 4.79 Å². The molecule has 1 aromatic carbocycles. The number of hydrogen-bond acceptors (Lipinski definition) is 4. The molecule has 0 bridgehead atoms. The van der Waals surface area contributed by atoms with Crippen LogP contribution in [0.2, 0.25) is 0 Å². The number of carbonyl (C=O) groups excluding carboxylic acids is 1. The van der Waals surface area contributed by atoms with Crippen molar-refractivity contribution in [1.82, 2.24) is 5.32 Å². The number of hydrogen-bond donors (Lipinski definition) is 2. The van der Waals surface area contributed by atoms with Crippen LogP contribution in [0.5, 0.6) is 0 Å². The Labute approximate surface area is 145 Å². The number of unbranched alkanes of at least 4 members (excludes halogenated alkanes) is 1. The molecule has 0 aliphatic carbocycles. The Hall–Kier alpha value is -2.48. The number of aryl methyl sites for hydroxylation is 1. The minimum absolute atomic E-state index is 0.0818. The summed E-state index contributed by atoms with van der Waals surface area (Å²) in [5.41, 5.74) is 3.21. The first-order valence-electron chi connectivity index (χ1n) is 8.57. The Morgan fingerprint density at radius 3 is 2.54 bits per heavy atom. The van der Waals surface area contributed by atoms with Gasteiger partial charge in [0.25, 0.3) is 5.91 Å². The summed E-state index contributed by atoms with van der Waals surface area (Å²) < 4.78 is 0. The van der Waals surface area contributed by atoms with Crippen LogP contribution in [-0.4, -0.2) is 25.5 Å². The zero-order chi connectivity index (χ0) is 17.9. The third kappa shape index (κ3) is 5.62. The molecule has 0 fully saturated rings. The van der Waals surface area contributed by atoms with Crippen molar-refractivity contribution in [2.24, 2.45) is 0 Å². The lowest BCUT2D eigenvalue weighted by Gasteiger charge is -2.22. The zero-order valence-corrected chi connectivity index (χ0v) is 15.1. The number of carbonyl (C=O) groups is 1. The van der Waals surface area contributed by atoms with Crippen molar-refractivity contribution in [3.63, 3.8) is 0 Å². The fraction of sp³-hybridized carbons (Fsp3) is 0.474. The molecule has 0 saturated heterocycles. The van der Waals surface area contributed by atoms with Crippen LogP contribution in [0.1, 0.15) is 39.2 Å². The molecule has 0 atom stereocenters. The highest BCUT2D eigenvalue weighted by atomic mass is 16.1. The highest BCUT2D eigenvalue weighted by Crippen LogP contribution is 2.22. The van der Waals surface area contributed by atoms with Gasteiger partial charge in [-0.1, -0.05) is 13.3 Å². The maximum Gasteiger partial charge on any atom is 0.263 e. The van der Waals surface area contributed by atoms with E-state index in [9.17, 15) is 4.79 Å². The number of amides is 1. The zero-order valence-electron chi connectivity index (χ0n) is 15.1. The average Bonchev–Trinajstić information content (AvgIpc) is 2.58. The molecule has 2 N–H and O–H groups in total. The maximum absolute atomic E-state index is 11.9. The third-order valence-corrected chi connectivity index (χ3v) is 3.89. The highest BCUT2D eigenvalue weighted by Gasteiger charge is 2.09. The second-order valence-electron chi connectivity index (χ2n) is 5.60. The first kappa shape index (κ1) is 19.6. The summed E-state index contributed by atoms with van der Waals surface area (Å²) in [4.78, 5) is 14.2. The van der Waals surface area contributed by atoms with Crippen LogP contribution < -0.4 is 15.5 Å². The number of nitriles is 1. The van der Waals surface area contributed by atoms with E-state index in [0.717, 1.165) is 37.2 Å². The molecule has 5 heteroatoms. The number of anilines is 2. The van der Waals surface area contributed by atoms with E-state index in [1.165, 1.54) is 11.9 Å². The lowest BCUT2D eigenvalue weighted by Crippen LogP contribution is -2.25. The molecule has 0 heterocycles. The molecule has 0 aliphatic rings. The number of nitrogens with one attached hydrogen (secondary N) is 2. The quantitative estimate of drug-likeness (QED) is 0.413. The first-order valence-corrected chi connectivity index (χ1v) is 8.57. The molecule has 0 spiro atoms. The SMILES string of the molecule is CCCCNC(=O)/C(C#N)=C\Nc1ccc(N(CC)CC)cc1C. The molecule has 0 aliphatic heterocycles. The van der Waals surface area contributed by atoms with Crippen LogP contribution in [0.4, 0.5) is 11.4 Å². The number of nitrogens with zero attached hydrogens (tertiary/aromatic N) is 2. The normalized spacial score (nSPS) is 10.9. The molecule has 5 nitrogen and oxygen atoms in total. The van der Waals surface area contributed by atoms with Crippen LogP contribution in [0, 0.1) is 18.3 Å². The molecule has 1 rings (SSSR count). The van der Waals surface area contributed by atoms with E-state index in [1.807, 2.05) is 25.1 Å². The Bertz CT molecular complexity index is 612. The van der Waals surface area contributed by atoms with Crippen molar-refractivity contribution in [3.05, 3.63) is 35.5 Å². The van der Waals surface area contributed by atoms with E-state index in [0.29, 0.717) is 6.54 Å². The molecule has 0 radical (unpaired) electrons. The highest BCUT2D eigenvalue weighted by molar-refractivity contribution is 5.97. The predicted octanol–water partition coefficient (Wildman–Crippen LogP) is 3.58. The largest absolute Gasteiger partial charge is 0.372 e. The summed E-state index contributed by atoms with van der Waals surface area (Å²) in [7, 11) is 0. The first-order chi connectivity index (χ1) is 11.6. The topological polar surface area (TPSA) is 68.2 Å². The summed E-state index contributed by atoms with van der Waals surface area (Å²) in [6.45, 7) is 10.8. The van der Waals surface area contributed by atoms with Gasteiger partial charge in [-0.2, -0.15) is 5.26 Å². The second kappa shape index (κ2) is 10.3.